The van der Waals surface area contributed by atoms with Crippen molar-refractivity contribution < 1.29 is 9.90 Å². The first-order valence-corrected chi connectivity index (χ1v) is 5.60. The van der Waals surface area contributed by atoms with E-state index in [1.165, 1.54) is 10.8 Å². The minimum absolute atomic E-state index is 0. The molecule has 1 unspecified atom stereocenters. The molecule has 0 aromatic rings. The summed E-state index contributed by atoms with van der Waals surface area (Å²) in [5, 5.41) is 8.37. The third-order valence-electron chi connectivity index (χ3n) is 0.849. The van der Waals surface area contributed by atoms with Gasteiger partial charge in [0.25, 0.3) is 0 Å². The molecular formula is C5H13ClN2O2S2. The van der Waals surface area contributed by atoms with E-state index in [2.05, 4.69) is 0 Å². The lowest BCUT2D eigenvalue weighted by Gasteiger charge is -2.03. The molecule has 4 nitrogen and oxygen atoms in total. The van der Waals surface area contributed by atoms with Gasteiger partial charge in [0.15, 0.2) is 0 Å². The zero-order chi connectivity index (χ0) is 8.69. The number of hydrogen-bond acceptors (Lipinski definition) is 5. The normalized spacial score (nSPS) is 11.8. The number of hydrogen-bond donors (Lipinski definition) is 3. The number of rotatable bonds is 6. The molecule has 0 saturated carbocycles. The van der Waals surface area contributed by atoms with Crippen molar-refractivity contribution in [2.75, 3.05) is 18.1 Å². The van der Waals surface area contributed by atoms with E-state index in [0.29, 0.717) is 12.3 Å². The molecule has 0 aliphatic carbocycles. The highest BCUT2D eigenvalue weighted by Gasteiger charge is 2.10. The molecule has 0 rings (SSSR count). The van der Waals surface area contributed by atoms with Crippen LogP contribution in [0.25, 0.3) is 0 Å². The summed E-state index contributed by atoms with van der Waals surface area (Å²) in [5.41, 5.74) is 10.5. The van der Waals surface area contributed by atoms with Gasteiger partial charge in [-0.3, -0.25) is 4.79 Å². The molecule has 0 aliphatic heterocycles. The maximum Gasteiger partial charge on any atom is 0.321 e. The first-order chi connectivity index (χ1) is 5.18. The third-order valence-corrected chi connectivity index (χ3v) is 3.32. The molecule has 12 heavy (non-hydrogen) atoms. The van der Waals surface area contributed by atoms with Crippen molar-refractivity contribution in [3.63, 3.8) is 0 Å². The van der Waals surface area contributed by atoms with Gasteiger partial charge in [0.05, 0.1) is 0 Å². The molecule has 0 fully saturated rings. The van der Waals surface area contributed by atoms with Gasteiger partial charge in [-0.25, -0.2) is 0 Å². The second kappa shape index (κ2) is 9.47. The fraction of sp³-hybridized carbons (Fsp3) is 0.800. The molecule has 74 valence electrons. The van der Waals surface area contributed by atoms with E-state index in [1.807, 2.05) is 0 Å². The number of carboxylic acids is 1. The minimum Gasteiger partial charge on any atom is -0.480 e. The number of aliphatic carboxylic acids is 1. The van der Waals surface area contributed by atoms with Crippen LogP contribution in [0, 0.1) is 0 Å². The number of halogens is 1. The van der Waals surface area contributed by atoms with Crippen molar-refractivity contribution >= 4 is 40.0 Å². The van der Waals surface area contributed by atoms with Crippen molar-refractivity contribution in [3.05, 3.63) is 0 Å². The van der Waals surface area contributed by atoms with E-state index in [9.17, 15) is 4.79 Å². The Hall–Kier alpha value is 0.380. The third kappa shape index (κ3) is 8.48. The molecule has 0 aromatic carbocycles. The van der Waals surface area contributed by atoms with Gasteiger partial charge in [-0.1, -0.05) is 21.6 Å². The smallest absolute Gasteiger partial charge is 0.321 e. The van der Waals surface area contributed by atoms with Gasteiger partial charge in [-0.2, -0.15) is 0 Å². The summed E-state index contributed by atoms with van der Waals surface area (Å²) >= 11 is 0. The highest BCUT2D eigenvalue weighted by molar-refractivity contribution is 8.76. The topological polar surface area (TPSA) is 89.3 Å². The average molecular weight is 233 g/mol. The lowest BCUT2D eigenvalue weighted by molar-refractivity contribution is -0.137. The van der Waals surface area contributed by atoms with Crippen LogP contribution in [0.5, 0.6) is 0 Å². The monoisotopic (exact) mass is 232 g/mol. The summed E-state index contributed by atoms with van der Waals surface area (Å²) in [6.07, 6.45) is 0. The standard InChI is InChI=1S/C5H12N2O2S2.ClH/c6-1-2-10-11-3-4(7)5(8)9;/h4H,1-3,6-7H2,(H,8,9);1H. The molecule has 0 aromatic heterocycles. The lowest BCUT2D eigenvalue weighted by atomic mass is 10.4. The Balaban J connectivity index is 0. The average Bonchev–Trinajstić information content (AvgIpc) is 1.97. The number of carboxylic acid groups (broad SMARTS) is 1. The predicted octanol–water partition coefficient (Wildman–Crippen LogP) is 0.160. The fourth-order valence-corrected chi connectivity index (χ4v) is 2.27. The zero-order valence-electron chi connectivity index (χ0n) is 6.43. The van der Waals surface area contributed by atoms with Gasteiger partial charge >= 0.3 is 5.97 Å². The van der Waals surface area contributed by atoms with E-state index in [4.69, 9.17) is 16.6 Å². The van der Waals surface area contributed by atoms with Crippen LogP contribution in [0.1, 0.15) is 0 Å². The van der Waals surface area contributed by atoms with Crippen LogP contribution in [0.4, 0.5) is 0 Å². The van der Waals surface area contributed by atoms with Gasteiger partial charge in [0, 0.05) is 18.1 Å². The molecular weight excluding hydrogens is 220 g/mol. The lowest BCUT2D eigenvalue weighted by Crippen LogP contribution is -2.32. The Bertz CT molecular complexity index is 128. The molecule has 0 radical (unpaired) electrons. The first-order valence-electron chi connectivity index (χ1n) is 3.11. The quantitative estimate of drug-likeness (QED) is 0.447. The second-order valence-corrected chi connectivity index (χ2v) is 4.47. The van der Waals surface area contributed by atoms with Crippen LogP contribution in [-0.2, 0) is 4.79 Å². The molecule has 0 bridgehead atoms. The van der Waals surface area contributed by atoms with Crippen LogP contribution < -0.4 is 11.5 Å². The fourth-order valence-electron chi connectivity index (χ4n) is 0.300. The number of nitrogens with two attached hydrogens (primary N) is 2. The van der Waals surface area contributed by atoms with Crippen LogP contribution >= 0.6 is 34.0 Å². The maximum absolute atomic E-state index is 10.2. The van der Waals surface area contributed by atoms with E-state index in [-0.39, 0.29) is 12.4 Å². The van der Waals surface area contributed by atoms with Gasteiger partial charge < -0.3 is 16.6 Å². The zero-order valence-corrected chi connectivity index (χ0v) is 8.88. The van der Waals surface area contributed by atoms with Crippen LogP contribution in [0.3, 0.4) is 0 Å². The Kier molecular flexibility index (Phi) is 11.7. The van der Waals surface area contributed by atoms with Crippen molar-refractivity contribution in [2.24, 2.45) is 11.5 Å². The van der Waals surface area contributed by atoms with Crippen molar-refractivity contribution in [1.82, 2.24) is 0 Å². The summed E-state index contributed by atoms with van der Waals surface area (Å²) in [7, 11) is 2.99. The Morgan fingerprint density at radius 2 is 2.08 bits per heavy atom. The summed E-state index contributed by atoms with van der Waals surface area (Å²) in [6.45, 7) is 0.611. The second-order valence-electron chi connectivity index (χ2n) is 1.84. The molecule has 0 spiro atoms. The van der Waals surface area contributed by atoms with Gasteiger partial charge in [-0.15, -0.1) is 12.4 Å². The molecule has 0 amide bonds. The first kappa shape index (κ1) is 14.9. The van der Waals surface area contributed by atoms with Crippen LogP contribution in [0.2, 0.25) is 0 Å². The van der Waals surface area contributed by atoms with E-state index in [0.717, 1.165) is 5.75 Å². The van der Waals surface area contributed by atoms with Crippen molar-refractivity contribution in [1.29, 1.82) is 0 Å². The van der Waals surface area contributed by atoms with Gasteiger partial charge in [-0.05, 0) is 0 Å². The van der Waals surface area contributed by atoms with Gasteiger partial charge in [0.2, 0.25) is 0 Å². The summed E-state index contributed by atoms with van der Waals surface area (Å²) in [6, 6.07) is -0.759. The molecule has 7 heteroatoms. The minimum atomic E-state index is -0.953. The Labute approximate surface area is 85.6 Å². The van der Waals surface area contributed by atoms with E-state index >= 15 is 0 Å². The summed E-state index contributed by atoms with van der Waals surface area (Å²) < 4.78 is 0. The molecule has 1 atom stereocenters. The maximum atomic E-state index is 10.2. The van der Waals surface area contributed by atoms with Crippen molar-refractivity contribution in [2.45, 2.75) is 6.04 Å². The summed E-state index contributed by atoms with van der Waals surface area (Å²) in [5.74, 6) is 0.308. The highest BCUT2D eigenvalue weighted by atomic mass is 35.5. The van der Waals surface area contributed by atoms with Gasteiger partial charge in [0.1, 0.15) is 6.04 Å². The Morgan fingerprint density at radius 1 is 1.50 bits per heavy atom. The van der Waals surface area contributed by atoms with Crippen molar-refractivity contribution in [3.8, 4) is 0 Å². The molecule has 0 aliphatic rings. The molecule has 5 N–H and O–H groups in total. The summed E-state index contributed by atoms with van der Waals surface area (Å²) in [4.78, 5) is 10.2. The van der Waals surface area contributed by atoms with E-state index in [1.54, 1.807) is 10.8 Å². The highest BCUT2D eigenvalue weighted by Crippen LogP contribution is 2.20. The van der Waals surface area contributed by atoms with E-state index < -0.39 is 12.0 Å². The molecule has 0 saturated heterocycles. The molecule has 0 heterocycles. The predicted molar refractivity (Wildman–Crippen MR) is 56.8 cm³/mol. The SMILES string of the molecule is Cl.NCCSSCC(N)C(=O)O. The Morgan fingerprint density at radius 3 is 2.50 bits per heavy atom. The van der Waals surface area contributed by atoms with Crippen LogP contribution in [-0.4, -0.2) is 35.2 Å². The largest absolute Gasteiger partial charge is 0.480 e. The van der Waals surface area contributed by atoms with Crippen LogP contribution in [0.15, 0.2) is 0 Å². The number of carbonyl (C=O) groups is 1.